The van der Waals surface area contributed by atoms with Crippen molar-refractivity contribution in [2.24, 2.45) is 11.3 Å². The van der Waals surface area contributed by atoms with Crippen LogP contribution in [0.2, 0.25) is 0 Å². The average Bonchev–Trinajstić information content (AvgIpc) is 2.65. The minimum absolute atomic E-state index is 0.0172. The number of cyclic esters (lactones) is 1. The molecule has 3 unspecified atom stereocenters. The summed E-state index contributed by atoms with van der Waals surface area (Å²) in [6.07, 6.45) is 5.37. The third kappa shape index (κ3) is 2.95. The Morgan fingerprint density at radius 3 is 2.50 bits per heavy atom. The highest BCUT2D eigenvalue weighted by Crippen LogP contribution is 2.62. The molecule has 0 N–H and O–H groups in total. The average molecular weight is 388 g/mol. The molecular formula is C22H28O6. The summed E-state index contributed by atoms with van der Waals surface area (Å²) in [6, 6.07) is 1.38. The smallest absolute Gasteiger partial charge is 0.339 e. The van der Waals surface area contributed by atoms with Crippen molar-refractivity contribution in [2.75, 3.05) is 14.2 Å². The molecular weight excluding hydrogens is 360 g/mol. The molecule has 0 saturated carbocycles. The van der Waals surface area contributed by atoms with Crippen LogP contribution in [-0.2, 0) is 20.7 Å². The molecule has 2 heterocycles. The first-order valence-corrected chi connectivity index (χ1v) is 9.82. The van der Waals surface area contributed by atoms with Crippen LogP contribution in [0.5, 0.6) is 5.75 Å². The highest BCUT2D eigenvalue weighted by molar-refractivity contribution is 5.85. The van der Waals surface area contributed by atoms with Crippen LogP contribution in [0.15, 0.2) is 39.5 Å². The minimum atomic E-state index is -0.713. The summed E-state index contributed by atoms with van der Waals surface area (Å²) in [7, 11) is 3.12. The van der Waals surface area contributed by atoms with Crippen LogP contribution in [0.3, 0.4) is 0 Å². The number of esters is 1. The summed E-state index contributed by atoms with van der Waals surface area (Å²) in [5, 5.41) is 0. The highest BCUT2D eigenvalue weighted by Gasteiger charge is 2.59. The topological polar surface area (TPSA) is 75.0 Å². The van der Waals surface area contributed by atoms with Gasteiger partial charge in [0, 0.05) is 17.9 Å². The van der Waals surface area contributed by atoms with Gasteiger partial charge in [-0.2, -0.15) is 0 Å². The molecule has 6 heteroatoms. The Morgan fingerprint density at radius 2 is 1.89 bits per heavy atom. The van der Waals surface area contributed by atoms with Gasteiger partial charge in [0.15, 0.2) is 0 Å². The first-order valence-electron chi connectivity index (χ1n) is 9.82. The van der Waals surface area contributed by atoms with Gasteiger partial charge in [0.05, 0.1) is 31.8 Å². The number of carbonyl (C=O) groups excluding carboxylic acids is 1. The van der Waals surface area contributed by atoms with Crippen molar-refractivity contribution in [1.29, 1.82) is 0 Å². The quantitative estimate of drug-likeness (QED) is 0.683. The van der Waals surface area contributed by atoms with Gasteiger partial charge < -0.3 is 18.6 Å². The second-order valence-electron chi connectivity index (χ2n) is 7.43. The standard InChI is InChI=1S/C22H28O6/c1-6-8-14-10-17-21(16(25-4)11-19(23)28-17)15(9-7-2)22(14)13(3)27-20(24)12-18(22)26-5/h11-12,14-15H,3,6-10H2,1-2,4-5H3. The molecule has 0 saturated heterocycles. The van der Waals surface area contributed by atoms with Crippen molar-refractivity contribution < 1.29 is 23.4 Å². The van der Waals surface area contributed by atoms with Crippen LogP contribution in [0.25, 0.3) is 0 Å². The van der Waals surface area contributed by atoms with Gasteiger partial charge in [0.25, 0.3) is 0 Å². The molecule has 0 bridgehead atoms. The molecule has 28 heavy (non-hydrogen) atoms. The monoisotopic (exact) mass is 388 g/mol. The van der Waals surface area contributed by atoms with Gasteiger partial charge in [-0.05, 0) is 18.8 Å². The van der Waals surface area contributed by atoms with Gasteiger partial charge in [-0.1, -0.05) is 33.3 Å². The molecule has 0 radical (unpaired) electrons. The molecule has 6 nitrogen and oxygen atoms in total. The van der Waals surface area contributed by atoms with Crippen molar-refractivity contribution in [1.82, 2.24) is 0 Å². The molecule has 3 atom stereocenters. The van der Waals surface area contributed by atoms with Crippen molar-refractivity contribution in [3.63, 3.8) is 0 Å². The van der Waals surface area contributed by atoms with E-state index in [9.17, 15) is 9.59 Å². The SMILES string of the molecule is C=C1OC(=O)C=C(OC)C12C(CCC)Cc1oc(=O)cc(OC)c1C2CCC. The van der Waals surface area contributed by atoms with Crippen molar-refractivity contribution >= 4 is 5.97 Å². The first-order chi connectivity index (χ1) is 13.4. The number of carbonyl (C=O) groups is 1. The summed E-state index contributed by atoms with van der Waals surface area (Å²) >= 11 is 0. The lowest BCUT2D eigenvalue weighted by atomic mass is 9.54. The summed E-state index contributed by atoms with van der Waals surface area (Å²) in [4.78, 5) is 24.2. The lowest BCUT2D eigenvalue weighted by Crippen LogP contribution is -2.48. The second kappa shape index (κ2) is 7.86. The number of hydrogen-bond donors (Lipinski definition) is 0. The van der Waals surface area contributed by atoms with Gasteiger partial charge in [-0.25, -0.2) is 9.59 Å². The summed E-state index contributed by atoms with van der Waals surface area (Å²) < 4.78 is 22.5. The normalized spacial score (nSPS) is 26.5. The van der Waals surface area contributed by atoms with Gasteiger partial charge in [-0.15, -0.1) is 0 Å². The molecule has 0 fully saturated rings. The Bertz CT molecular complexity index is 864. The highest BCUT2D eigenvalue weighted by atomic mass is 16.5. The lowest BCUT2D eigenvalue weighted by Gasteiger charge is -2.51. The van der Waals surface area contributed by atoms with Gasteiger partial charge in [-0.3, -0.25) is 0 Å². The second-order valence-corrected chi connectivity index (χ2v) is 7.43. The number of ether oxygens (including phenoxy) is 3. The maximum absolute atomic E-state index is 12.1. The number of methoxy groups -OCH3 is 2. The molecule has 2 aliphatic rings. The van der Waals surface area contributed by atoms with E-state index in [-0.39, 0.29) is 11.8 Å². The van der Waals surface area contributed by atoms with Crippen LogP contribution >= 0.6 is 0 Å². The van der Waals surface area contributed by atoms with E-state index >= 15 is 0 Å². The molecule has 152 valence electrons. The molecule has 1 aromatic rings. The van der Waals surface area contributed by atoms with E-state index in [2.05, 4.69) is 20.4 Å². The van der Waals surface area contributed by atoms with E-state index in [0.29, 0.717) is 29.4 Å². The van der Waals surface area contributed by atoms with Crippen molar-refractivity contribution in [3.05, 3.63) is 52.0 Å². The van der Waals surface area contributed by atoms with Gasteiger partial charge in [0.2, 0.25) is 0 Å². The molecule has 1 aromatic heterocycles. The van der Waals surface area contributed by atoms with Crippen molar-refractivity contribution in [2.45, 2.75) is 51.9 Å². The fraction of sp³-hybridized carbons (Fsp3) is 0.545. The maximum Gasteiger partial charge on any atom is 0.339 e. The molecule has 0 aromatic carbocycles. The van der Waals surface area contributed by atoms with Crippen molar-refractivity contribution in [3.8, 4) is 5.75 Å². The van der Waals surface area contributed by atoms with E-state index in [4.69, 9.17) is 18.6 Å². The minimum Gasteiger partial charge on any atom is -0.500 e. The van der Waals surface area contributed by atoms with E-state index < -0.39 is 17.0 Å². The van der Waals surface area contributed by atoms with E-state index in [1.807, 2.05) is 0 Å². The fourth-order valence-corrected chi connectivity index (χ4v) is 5.07. The zero-order chi connectivity index (χ0) is 20.5. The Morgan fingerprint density at radius 1 is 1.18 bits per heavy atom. The van der Waals surface area contributed by atoms with E-state index in [1.165, 1.54) is 12.1 Å². The zero-order valence-corrected chi connectivity index (χ0v) is 17.0. The third-order valence-corrected chi connectivity index (χ3v) is 6.01. The van der Waals surface area contributed by atoms with Gasteiger partial charge >= 0.3 is 11.6 Å². The van der Waals surface area contributed by atoms with Crippen LogP contribution in [0, 0.1) is 11.3 Å². The Hall–Kier alpha value is -2.50. The molecule has 1 aliphatic heterocycles. The lowest BCUT2D eigenvalue weighted by molar-refractivity contribution is -0.140. The van der Waals surface area contributed by atoms with Crippen LogP contribution in [0.1, 0.15) is 56.8 Å². The number of hydrogen-bond acceptors (Lipinski definition) is 6. The number of fused-ring (bicyclic) bond motifs is 1. The predicted molar refractivity (Wildman–Crippen MR) is 104 cm³/mol. The first kappa shape index (κ1) is 20.2. The summed E-state index contributed by atoms with van der Waals surface area (Å²) in [5.41, 5.74) is -0.290. The van der Waals surface area contributed by atoms with E-state index in [0.717, 1.165) is 31.2 Å². The fourth-order valence-electron chi connectivity index (χ4n) is 5.07. The molecule has 1 spiro atoms. The Balaban J connectivity index is 2.36. The predicted octanol–water partition coefficient (Wildman–Crippen LogP) is 4.09. The zero-order valence-electron chi connectivity index (χ0n) is 17.0. The Kier molecular flexibility index (Phi) is 5.68. The largest absolute Gasteiger partial charge is 0.500 e. The number of rotatable bonds is 6. The molecule has 0 amide bonds. The molecule has 1 aliphatic carbocycles. The Labute approximate surface area is 165 Å². The van der Waals surface area contributed by atoms with Gasteiger partial charge in [0.1, 0.15) is 23.0 Å². The third-order valence-electron chi connectivity index (χ3n) is 6.01. The van der Waals surface area contributed by atoms with Crippen LogP contribution in [-0.4, -0.2) is 20.2 Å². The summed E-state index contributed by atoms with van der Waals surface area (Å²) in [5.74, 6) is 1.49. The maximum atomic E-state index is 12.1. The summed E-state index contributed by atoms with van der Waals surface area (Å²) in [6.45, 7) is 8.35. The van der Waals surface area contributed by atoms with E-state index in [1.54, 1.807) is 14.2 Å². The van der Waals surface area contributed by atoms with Crippen LogP contribution in [0.4, 0.5) is 0 Å². The van der Waals surface area contributed by atoms with Crippen LogP contribution < -0.4 is 10.4 Å². The molecule has 3 rings (SSSR count).